The third-order valence-electron chi connectivity index (χ3n) is 12.0. The first-order valence-corrected chi connectivity index (χ1v) is 28.8. The number of nitrogens with zero attached hydrogens (tertiary/aromatic N) is 1. The van der Waals surface area contributed by atoms with Crippen molar-refractivity contribution in [3.05, 3.63) is 36.5 Å². The van der Waals surface area contributed by atoms with Gasteiger partial charge >= 0.3 is 5.97 Å². The minimum absolute atomic E-state index is 0.0234. The minimum Gasteiger partial charge on any atom is -0.756 e. The number of phosphoric ester groups is 1. The Morgan fingerprint density at radius 1 is 0.523 bits per heavy atom. The van der Waals surface area contributed by atoms with E-state index in [0.717, 1.165) is 96.3 Å². The van der Waals surface area contributed by atoms with Crippen molar-refractivity contribution in [2.75, 3.05) is 40.9 Å². The molecule has 3 unspecified atom stereocenters. The molecule has 1 amide bonds. The Kier molecular flexibility index (Phi) is 44.7. The van der Waals surface area contributed by atoms with Crippen LogP contribution in [0, 0.1) is 0 Å². The second-order valence-corrected chi connectivity index (χ2v) is 21.1. The van der Waals surface area contributed by atoms with Crippen molar-refractivity contribution in [3.8, 4) is 0 Å². The molecule has 0 bridgehead atoms. The summed E-state index contributed by atoms with van der Waals surface area (Å²) in [5, 5.41) is 3.01. The number of likely N-dealkylation sites (N-methyl/N-ethyl adjacent to an activating group) is 1. The van der Waals surface area contributed by atoms with Crippen LogP contribution in [0.1, 0.15) is 252 Å². The number of unbranched alkanes of at least 4 members (excludes halogenated alkanes) is 29. The Morgan fingerprint density at radius 2 is 0.908 bits per heavy atom. The number of quaternary nitrogens is 1. The fourth-order valence-corrected chi connectivity index (χ4v) is 8.45. The van der Waals surface area contributed by atoms with Gasteiger partial charge in [-0.05, 0) is 76.7 Å². The second-order valence-electron chi connectivity index (χ2n) is 19.7. The van der Waals surface area contributed by atoms with Gasteiger partial charge < -0.3 is 28.5 Å². The van der Waals surface area contributed by atoms with Gasteiger partial charge in [0, 0.05) is 12.8 Å². The first kappa shape index (κ1) is 63.2. The third kappa shape index (κ3) is 47.1. The average Bonchev–Trinajstić information content (AvgIpc) is 3.26. The highest BCUT2D eigenvalue weighted by atomic mass is 31.2. The van der Waals surface area contributed by atoms with Crippen LogP contribution in [0.2, 0.25) is 0 Å². The molecule has 0 heterocycles. The summed E-state index contributed by atoms with van der Waals surface area (Å²) in [6.07, 6.45) is 52.5. The van der Waals surface area contributed by atoms with Crippen LogP contribution in [0.4, 0.5) is 0 Å². The van der Waals surface area contributed by atoms with Crippen molar-refractivity contribution in [3.63, 3.8) is 0 Å². The number of esters is 1. The Labute approximate surface area is 402 Å². The normalized spacial score (nSPS) is 14.1. The molecule has 10 heteroatoms. The lowest BCUT2D eigenvalue weighted by Crippen LogP contribution is -2.47. The van der Waals surface area contributed by atoms with Crippen LogP contribution in [0.25, 0.3) is 0 Å². The molecule has 0 spiro atoms. The van der Waals surface area contributed by atoms with Gasteiger partial charge in [0.25, 0.3) is 7.82 Å². The molecule has 0 aromatic carbocycles. The van der Waals surface area contributed by atoms with Crippen LogP contribution in [-0.4, -0.2) is 69.4 Å². The molecule has 0 aliphatic rings. The van der Waals surface area contributed by atoms with E-state index in [1.165, 1.54) is 122 Å². The SMILES string of the molecule is CCCC/C=C\CCCCCCCC(=O)OC(/C=C\CCCCCCCCCCC)C(COP(=O)([O-])OCC[N+](C)(C)C)NC(=O)CCCCCCCCC/C=C/CCCCCCCC. The van der Waals surface area contributed by atoms with E-state index in [9.17, 15) is 19.0 Å². The largest absolute Gasteiger partial charge is 0.756 e. The van der Waals surface area contributed by atoms with Crippen molar-refractivity contribution < 1.29 is 37.3 Å². The smallest absolute Gasteiger partial charge is 0.306 e. The first-order valence-electron chi connectivity index (χ1n) is 27.3. The van der Waals surface area contributed by atoms with E-state index in [1.807, 2.05) is 33.3 Å². The van der Waals surface area contributed by atoms with E-state index < -0.39 is 26.6 Å². The highest BCUT2D eigenvalue weighted by Crippen LogP contribution is 2.38. The maximum Gasteiger partial charge on any atom is 0.306 e. The van der Waals surface area contributed by atoms with Crippen LogP contribution in [0.15, 0.2) is 36.5 Å². The number of amides is 1. The predicted octanol–water partition coefficient (Wildman–Crippen LogP) is 15.4. The summed E-state index contributed by atoms with van der Waals surface area (Å²) >= 11 is 0. The molecule has 0 aliphatic carbocycles. The fourth-order valence-electron chi connectivity index (χ4n) is 7.73. The molecule has 0 rings (SSSR count). The maximum atomic E-state index is 13.4. The average molecular weight is 937 g/mol. The van der Waals surface area contributed by atoms with E-state index >= 15 is 0 Å². The summed E-state index contributed by atoms with van der Waals surface area (Å²) in [5.41, 5.74) is 0. The van der Waals surface area contributed by atoms with Crippen LogP contribution in [0.3, 0.4) is 0 Å². The zero-order chi connectivity index (χ0) is 48.0. The van der Waals surface area contributed by atoms with Gasteiger partial charge in [0.1, 0.15) is 19.3 Å². The van der Waals surface area contributed by atoms with Gasteiger partial charge in [-0.15, -0.1) is 0 Å². The summed E-state index contributed by atoms with van der Waals surface area (Å²) in [4.78, 5) is 39.7. The number of carbonyl (C=O) groups excluding carboxylic acids is 2. The minimum atomic E-state index is -4.69. The Morgan fingerprint density at radius 3 is 1.35 bits per heavy atom. The molecule has 1 N–H and O–H groups in total. The topological polar surface area (TPSA) is 114 Å². The zero-order valence-electron chi connectivity index (χ0n) is 43.4. The number of nitrogens with one attached hydrogen (secondary N) is 1. The van der Waals surface area contributed by atoms with Crippen molar-refractivity contribution in [2.45, 2.75) is 264 Å². The van der Waals surface area contributed by atoms with Crippen LogP contribution >= 0.6 is 7.82 Å². The summed E-state index contributed by atoms with van der Waals surface area (Å²) in [6.45, 7) is 6.78. The molecule has 0 radical (unpaired) electrons. The molecule has 0 aromatic heterocycles. The Hall–Kier alpha value is -1.77. The highest BCUT2D eigenvalue weighted by molar-refractivity contribution is 7.45. The molecule has 0 saturated carbocycles. The molecule has 9 nitrogen and oxygen atoms in total. The summed E-state index contributed by atoms with van der Waals surface area (Å²) in [6, 6.07) is -0.889. The standard InChI is InChI=1S/C55H105N2O7P/c1-7-10-13-16-19-22-25-26-27-28-29-30-33-35-38-41-44-47-54(58)56-52(51-63-65(60,61)62-50-49-57(4,5)6)53(46-43-40-37-34-31-23-20-17-14-11-8-2)64-55(59)48-45-42-39-36-32-24-21-18-15-12-9-3/h18,21,26-27,43,46,52-53H,7-17,19-20,22-25,28-42,44-45,47-51H2,1-6H3,(H-,56,58,60,61)/b21-18-,27-26+,46-43-. The monoisotopic (exact) mass is 937 g/mol. The number of rotatable bonds is 49. The van der Waals surface area contributed by atoms with Crippen molar-refractivity contribution in [1.29, 1.82) is 0 Å². The van der Waals surface area contributed by atoms with E-state index in [4.69, 9.17) is 13.8 Å². The molecule has 382 valence electrons. The number of hydrogen-bond donors (Lipinski definition) is 1. The van der Waals surface area contributed by atoms with E-state index in [-0.39, 0.29) is 24.9 Å². The molecule has 65 heavy (non-hydrogen) atoms. The first-order chi connectivity index (χ1) is 31.4. The fraction of sp³-hybridized carbons (Fsp3) is 0.855. The Balaban J connectivity index is 5.33. The summed E-state index contributed by atoms with van der Waals surface area (Å²) in [5.74, 6) is -0.554. The number of carbonyl (C=O) groups is 2. The zero-order valence-corrected chi connectivity index (χ0v) is 44.3. The van der Waals surface area contributed by atoms with E-state index in [0.29, 0.717) is 17.4 Å². The number of ether oxygens (including phenoxy) is 1. The molecular weight excluding hydrogens is 832 g/mol. The number of hydrogen-bond acceptors (Lipinski definition) is 7. The lowest BCUT2D eigenvalue weighted by atomic mass is 10.1. The van der Waals surface area contributed by atoms with Crippen LogP contribution in [0.5, 0.6) is 0 Å². The number of phosphoric acid groups is 1. The molecule has 0 aliphatic heterocycles. The van der Waals surface area contributed by atoms with Crippen molar-refractivity contribution in [1.82, 2.24) is 5.32 Å². The van der Waals surface area contributed by atoms with Gasteiger partial charge in [0.15, 0.2) is 0 Å². The van der Waals surface area contributed by atoms with Gasteiger partial charge in [0.2, 0.25) is 5.91 Å². The summed E-state index contributed by atoms with van der Waals surface area (Å²) in [7, 11) is 1.18. The van der Waals surface area contributed by atoms with Crippen LogP contribution < -0.4 is 10.2 Å². The lowest BCUT2D eigenvalue weighted by molar-refractivity contribution is -0.870. The number of allylic oxidation sites excluding steroid dienone is 5. The lowest BCUT2D eigenvalue weighted by Gasteiger charge is -2.30. The highest BCUT2D eigenvalue weighted by Gasteiger charge is 2.27. The second kappa shape index (κ2) is 46.0. The maximum absolute atomic E-state index is 13.4. The van der Waals surface area contributed by atoms with E-state index in [1.54, 1.807) is 0 Å². The predicted molar refractivity (Wildman–Crippen MR) is 275 cm³/mol. The van der Waals surface area contributed by atoms with Crippen molar-refractivity contribution >= 4 is 19.7 Å². The molecule has 0 fully saturated rings. The summed E-state index contributed by atoms with van der Waals surface area (Å²) < 4.78 is 30.1. The molecule has 3 atom stereocenters. The van der Waals surface area contributed by atoms with Gasteiger partial charge in [-0.1, -0.05) is 199 Å². The molecule has 0 saturated heterocycles. The van der Waals surface area contributed by atoms with E-state index in [2.05, 4.69) is 50.4 Å². The molecule has 0 aromatic rings. The third-order valence-corrected chi connectivity index (χ3v) is 13.0. The van der Waals surface area contributed by atoms with Gasteiger partial charge in [0.05, 0.1) is 33.8 Å². The van der Waals surface area contributed by atoms with Crippen molar-refractivity contribution in [2.24, 2.45) is 0 Å². The Bertz CT molecular complexity index is 1220. The van der Waals surface area contributed by atoms with Gasteiger partial charge in [-0.25, -0.2) is 0 Å². The van der Waals surface area contributed by atoms with Crippen LogP contribution in [-0.2, 0) is 27.9 Å². The van der Waals surface area contributed by atoms with Gasteiger partial charge in [-0.3, -0.25) is 14.2 Å². The molecular formula is C55H105N2O7P. The van der Waals surface area contributed by atoms with Gasteiger partial charge in [-0.2, -0.15) is 0 Å². The quantitative estimate of drug-likeness (QED) is 0.0212.